The number of hydrogen-bond donors (Lipinski definition) is 2. The predicted octanol–water partition coefficient (Wildman–Crippen LogP) is 2.78. The highest BCUT2D eigenvalue weighted by Gasteiger charge is 2.37. The average Bonchev–Trinajstić information content (AvgIpc) is 2.93. The van der Waals surface area contributed by atoms with Gasteiger partial charge in [0, 0.05) is 5.54 Å². The van der Waals surface area contributed by atoms with Gasteiger partial charge in [0.25, 0.3) is 0 Å². The van der Waals surface area contributed by atoms with Gasteiger partial charge in [-0.2, -0.15) is 0 Å². The Kier molecular flexibility index (Phi) is 2.65. The Morgan fingerprint density at radius 2 is 2.13 bits per heavy atom. The molecule has 1 saturated carbocycles. The highest BCUT2D eigenvalue weighted by molar-refractivity contribution is 6.32. The largest absolute Gasteiger partial charge is 0.506 e. The monoisotopic (exact) mass is 225 g/mol. The van der Waals surface area contributed by atoms with Gasteiger partial charge >= 0.3 is 0 Å². The summed E-state index contributed by atoms with van der Waals surface area (Å²) in [7, 11) is 0. The summed E-state index contributed by atoms with van der Waals surface area (Å²) in [5.74, 6) is 0.205. The molecule has 1 aromatic rings. The molecule has 1 fully saturated rings. The molecule has 0 saturated heterocycles. The molecule has 1 aliphatic carbocycles. The van der Waals surface area contributed by atoms with E-state index in [4.69, 9.17) is 17.3 Å². The topological polar surface area (TPSA) is 46.2 Å². The minimum atomic E-state index is 0.0455. The lowest BCUT2D eigenvalue weighted by molar-refractivity contribution is 0.470. The maximum absolute atomic E-state index is 9.67. The zero-order valence-corrected chi connectivity index (χ0v) is 9.64. The van der Waals surface area contributed by atoms with Crippen LogP contribution < -0.4 is 5.73 Å². The number of nitrogens with two attached hydrogens (primary N) is 1. The molecule has 2 nitrogen and oxygen atoms in total. The number of hydrogen-bond acceptors (Lipinski definition) is 2. The Morgan fingerprint density at radius 1 is 1.47 bits per heavy atom. The second kappa shape index (κ2) is 3.69. The van der Waals surface area contributed by atoms with Crippen LogP contribution in [0.4, 0.5) is 0 Å². The quantitative estimate of drug-likeness (QED) is 0.831. The van der Waals surface area contributed by atoms with Crippen LogP contribution in [0.3, 0.4) is 0 Å². The van der Waals surface area contributed by atoms with Crippen LogP contribution in [0, 0.1) is 6.92 Å². The van der Waals surface area contributed by atoms with Gasteiger partial charge in [-0.05, 0) is 43.7 Å². The summed E-state index contributed by atoms with van der Waals surface area (Å²) >= 11 is 6.06. The normalized spacial score (nSPS) is 17.8. The summed E-state index contributed by atoms with van der Waals surface area (Å²) in [6.45, 7) is 1.84. The molecule has 0 heterocycles. The fraction of sp³-hybridized carbons (Fsp3) is 0.500. The first-order valence-corrected chi connectivity index (χ1v) is 5.65. The molecule has 1 aromatic carbocycles. The zero-order chi connectivity index (χ0) is 11.1. The zero-order valence-electron chi connectivity index (χ0n) is 8.89. The van der Waals surface area contributed by atoms with E-state index in [-0.39, 0.29) is 11.3 Å². The summed E-state index contributed by atoms with van der Waals surface area (Å²) in [4.78, 5) is 0. The highest BCUT2D eigenvalue weighted by Crippen LogP contribution is 2.38. The number of benzene rings is 1. The van der Waals surface area contributed by atoms with Crippen molar-refractivity contribution in [1.29, 1.82) is 0 Å². The SMILES string of the molecule is Cc1ccc(CCC2(N)CC2)c(Cl)c1O. The molecule has 0 bridgehead atoms. The number of phenols is 1. The molecule has 0 amide bonds. The molecule has 1 aliphatic rings. The van der Waals surface area contributed by atoms with Crippen LogP contribution in [0.2, 0.25) is 5.02 Å². The van der Waals surface area contributed by atoms with Crippen molar-refractivity contribution in [2.24, 2.45) is 5.73 Å². The maximum Gasteiger partial charge on any atom is 0.137 e. The highest BCUT2D eigenvalue weighted by atomic mass is 35.5. The smallest absolute Gasteiger partial charge is 0.137 e. The van der Waals surface area contributed by atoms with Crippen LogP contribution in [0.1, 0.15) is 30.4 Å². The average molecular weight is 226 g/mol. The summed E-state index contributed by atoms with van der Waals surface area (Å²) in [6.07, 6.45) is 4.03. The van der Waals surface area contributed by atoms with Crippen molar-refractivity contribution in [3.8, 4) is 5.75 Å². The number of phenolic OH excluding ortho intramolecular Hbond substituents is 1. The predicted molar refractivity (Wildman–Crippen MR) is 62.3 cm³/mol. The maximum atomic E-state index is 9.67. The Morgan fingerprint density at radius 3 is 2.73 bits per heavy atom. The van der Waals surface area contributed by atoms with E-state index in [2.05, 4.69) is 0 Å². The van der Waals surface area contributed by atoms with Gasteiger partial charge in [0.1, 0.15) is 5.75 Å². The first-order chi connectivity index (χ1) is 7.02. The Balaban J connectivity index is 2.11. The van der Waals surface area contributed by atoms with Crippen LogP contribution in [-0.4, -0.2) is 10.6 Å². The van der Waals surface area contributed by atoms with E-state index in [0.29, 0.717) is 5.02 Å². The number of aryl methyl sites for hydroxylation is 2. The van der Waals surface area contributed by atoms with Crippen LogP contribution >= 0.6 is 11.6 Å². The van der Waals surface area contributed by atoms with E-state index in [1.807, 2.05) is 19.1 Å². The van der Waals surface area contributed by atoms with Crippen molar-refractivity contribution < 1.29 is 5.11 Å². The second-order valence-corrected chi connectivity index (χ2v) is 4.94. The van der Waals surface area contributed by atoms with Crippen molar-refractivity contribution in [3.05, 3.63) is 28.3 Å². The fourth-order valence-corrected chi connectivity index (χ4v) is 2.00. The van der Waals surface area contributed by atoms with Crippen molar-refractivity contribution >= 4 is 11.6 Å². The van der Waals surface area contributed by atoms with Gasteiger partial charge in [0.2, 0.25) is 0 Å². The Labute approximate surface area is 95.1 Å². The Hall–Kier alpha value is -0.730. The van der Waals surface area contributed by atoms with Gasteiger partial charge in [-0.15, -0.1) is 0 Å². The Bertz CT molecular complexity index is 385. The summed E-state index contributed by atoms with van der Waals surface area (Å²) in [6, 6.07) is 3.87. The third-order valence-corrected chi connectivity index (χ3v) is 3.60. The molecule has 0 aromatic heterocycles. The molecule has 0 aliphatic heterocycles. The minimum absolute atomic E-state index is 0.0455. The third-order valence-electron chi connectivity index (χ3n) is 3.18. The van der Waals surface area contributed by atoms with E-state index in [9.17, 15) is 5.11 Å². The van der Waals surface area contributed by atoms with Crippen LogP contribution in [0.25, 0.3) is 0 Å². The number of aromatic hydroxyl groups is 1. The molecule has 0 atom stereocenters. The number of rotatable bonds is 3. The van der Waals surface area contributed by atoms with E-state index in [1.165, 1.54) is 0 Å². The van der Waals surface area contributed by atoms with Crippen LogP contribution in [-0.2, 0) is 6.42 Å². The van der Waals surface area contributed by atoms with Crippen molar-refractivity contribution in [2.45, 2.75) is 38.1 Å². The molecular formula is C12H16ClNO. The molecule has 0 radical (unpaired) electrons. The standard InChI is InChI=1S/C12H16ClNO/c1-8-2-3-9(10(13)11(8)15)4-5-12(14)6-7-12/h2-3,15H,4-7,14H2,1H3. The fourth-order valence-electron chi connectivity index (χ4n) is 1.69. The third kappa shape index (κ3) is 2.27. The molecule has 2 rings (SSSR count). The van der Waals surface area contributed by atoms with Gasteiger partial charge in [0.15, 0.2) is 0 Å². The molecule has 15 heavy (non-hydrogen) atoms. The van der Waals surface area contributed by atoms with Crippen molar-refractivity contribution in [1.82, 2.24) is 0 Å². The molecule has 3 N–H and O–H groups in total. The summed E-state index contributed by atoms with van der Waals surface area (Å²) in [5.41, 5.74) is 7.87. The van der Waals surface area contributed by atoms with Gasteiger partial charge in [-0.1, -0.05) is 23.7 Å². The van der Waals surface area contributed by atoms with E-state index < -0.39 is 0 Å². The molecule has 0 spiro atoms. The minimum Gasteiger partial charge on any atom is -0.506 e. The van der Waals surface area contributed by atoms with Crippen LogP contribution in [0.5, 0.6) is 5.75 Å². The van der Waals surface area contributed by atoms with E-state index >= 15 is 0 Å². The van der Waals surface area contributed by atoms with Crippen molar-refractivity contribution in [3.63, 3.8) is 0 Å². The lowest BCUT2D eigenvalue weighted by Crippen LogP contribution is -2.22. The summed E-state index contributed by atoms with van der Waals surface area (Å²) in [5, 5.41) is 10.2. The van der Waals surface area contributed by atoms with E-state index in [1.54, 1.807) is 0 Å². The first kappa shape index (κ1) is 10.8. The van der Waals surface area contributed by atoms with Gasteiger partial charge in [-0.3, -0.25) is 0 Å². The van der Waals surface area contributed by atoms with Crippen molar-refractivity contribution in [2.75, 3.05) is 0 Å². The second-order valence-electron chi connectivity index (χ2n) is 4.57. The lowest BCUT2D eigenvalue weighted by atomic mass is 10.0. The van der Waals surface area contributed by atoms with Gasteiger partial charge < -0.3 is 10.8 Å². The van der Waals surface area contributed by atoms with Gasteiger partial charge in [0.05, 0.1) is 5.02 Å². The van der Waals surface area contributed by atoms with E-state index in [0.717, 1.165) is 36.8 Å². The molecule has 82 valence electrons. The number of halogens is 1. The molecule has 0 unspecified atom stereocenters. The van der Waals surface area contributed by atoms with Crippen LogP contribution in [0.15, 0.2) is 12.1 Å². The first-order valence-electron chi connectivity index (χ1n) is 5.28. The summed E-state index contributed by atoms with van der Waals surface area (Å²) < 4.78 is 0. The van der Waals surface area contributed by atoms with Gasteiger partial charge in [-0.25, -0.2) is 0 Å². The molecular weight excluding hydrogens is 210 g/mol. The lowest BCUT2D eigenvalue weighted by Gasteiger charge is -2.11. The molecule has 3 heteroatoms.